The molecule has 3 amide bonds. The molecular formula is C21H32N6O7. The van der Waals surface area contributed by atoms with Crippen LogP contribution in [0.5, 0.6) is 0 Å². The number of carbonyl (C=O) groups excluding carboxylic acids is 3. The fourth-order valence-corrected chi connectivity index (χ4v) is 3.81. The number of nitrogens with one attached hydrogen (secondary N) is 3. The summed E-state index contributed by atoms with van der Waals surface area (Å²) >= 11 is 0. The molecule has 0 radical (unpaired) electrons. The van der Waals surface area contributed by atoms with Gasteiger partial charge in [0.05, 0.1) is 18.8 Å². The van der Waals surface area contributed by atoms with Gasteiger partial charge in [-0.25, -0.2) is 9.78 Å². The maximum atomic E-state index is 13.4. The second kappa shape index (κ2) is 12.1. The maximum absolute atomic E-state index is 13.4. The van der Waals surface area contributed by atoms with E-state index in [1.54, 1.807) is 6.92 Å². The number of carbonyl (C=O) groups is 5. The first-order chi connectivity index (χ1) is 16.0. The third kappa shape index (κ3) is 7.01. The van der Waals surface area contributed by atoms with Crippen LogP contribution in [0.15, 0.2) is 12.5 Å². The smallest absolute Gasteiger partial charge is 0.326 e. The molecule has 1 fully saturated rings. The van der Waals surface area contributed by atoms with Crippen LogP contribution >= 0.6 is 0 Å². The summed E-state index contributed by atoms with van der Waals surface area (Å²) in [7, 11) is 0. The minimum absolute atomic E-state index is 0.0137. The number of imidazole rings is 1. The van der Waals surface area contributed by atoms with Gasteiger partial charge in [-0.1, -0.05) is 20.3 Å². The topological polar surface area (TPSA) is 208 Å². The van der Waals surface area contributed by atoms with Crippen molar-refractivity contribution in [3.05, 3.63) is 18.2 Å². The van der Waals surface area contributed by atoms with Gasteiger partial charge in [-0.3, -0.25) is 19.2 Å². The van der Waals surface area contributed by atoms with Gasteiger partial charge in [-0.05, 0) is 18.8 Å². The molecule has 0 saturated carbocycles. The lowest BCUT2D eigenvalue weighted by molar-refractivity contribution is -0.146. The molecule has 0 bridgehead atoms. The SMILES string of the molecule is CCC(C)C(NC(=O)C1CCCN1C(=O)C(Cc1cnc[nH]1)NC(=O)C(N)CC(=O)O)C(=O)O. The molecule has 2 rings (SSSR count). The minimum atomic E-state index is -1.36. The van der Waals surface area contributed by atoms with E-state index in [1.807, 2.05) is 6.92 Å². The van der Waals surface area contributed by atoms with Gasteiger partial charge in [0.2, 0.25) is 17.7 Å². The van der Waals surface area contributed by atoms with Crippen molar-refractivity contribution in [3.63, 3.8) is 0 Å². The number of nitrogens with two attached hydrogens (primary N) is 1. The standard InChI is InChI=1S/C21H32N6O7/c1-3-11(2)17(21(33)34)26-19(31)15-5-4-6-27(15)20(32)14(7-12-9-23-10-24-12)25-18(30)13(22)8-16(28)29/h9-11,13-15,17H,3-8,22H2,1-2H3,(H,23,24)(H,25,30)(H,26,31)(H,28,29)(H,33,34). The lowest BCUT2D eigenvalue weighted by Gasteiger charge is -2.30. The molecule has 1 aliphatic rings. The van der Waals surface area contributed by atoms with E-state index < -0.39 is 60.2 Å². The third-order valence-corrected chi connectivity index (χ3v) is 5.94. The molecule has 0 spiro atoms. The van der Waals surface area contributed by atoms with Gasteiger partial charge in [0.15, 0.2) is 0 Å². The second-order valence-electron chi connectivity index (χ2n) is 8.45. The number of carboxylic acid groups (broad SMARTS) is 2. The van der Waals surface area contributed by atoms with Crippen molar-refractivity contribution in [1.82, 2.24) is 25.5 Å². The summed E-state index contributed by atoms with van der Waals surface area (Å²) in [6, 6.07) is -4.48. The summed E-state index contributed by atoms with van der Waals surface area (Å²) in [5.41, 5.74) is 6.17. The minimum Gasteiger partial charge on any atom is -0.481 e. The molecule has 2 heterocycles. The molecule has 0 aliphatic carbocycles. The van der Waals surface area contributed by atoms with E-state index in [2.05, 4.69) is 20.6 Å². The molecule has 7 N–H and O–H groups in total. The molecule has 34 heavy (non-hydrogen) atoms. The van der Waals surface area contributed by atoms with Crippen LogP contribution in [0.25, 0.3) is 0 Å². The highest BCUT2D eigenvalue weighted by Crippen LogP contribution is 2.20. The van der Waals surface area contributed by atoms with E-state index in [-0.39, 0.29) is 18.9 Å². The first-order valence-electron chi connectivity index (χ1n) is 11.1. The number of hydrogen-bond acceptors (Lipinski definition) is 7. The molecule has 1 aromatic rings. The number of rotatable bonds is 12. The summed E-state index contributed by atoms with van der Waals surface area (Å²) in [5.74, 6) is -4.68. The van der Waals surface area contributed by atoms with E-state index in [1.165, 1.54) is 17.4 Å². The van der Waals surface area contributed by atoms with E-state index in [4.69, 9.17) is 10.8 Å². The van der Waals surface area contributed by atoms with Crippen LogP contribution < -0.4 is 16.4 Å². The molecule has 1 aromatic heterocycles. The quantitative estimate of drug-likeness (QED) is 0.213. The largest absolute Gasteiger partial charge is 0.481 e. The normalized spacial score (nSPS) is 19.0. The van der Waals surface area contributed by atoms with Crippen LogP contribution in [-0.4, -0.2) is 85.5 Å². The van der Waals surface area contributed by atoms with E-state index in [0.717, 1.165) is 0 Å². The van der Waals surface area contributed by atoms with Crippen LogP contribution in [0.4, 0.5) is 0 Å². The van der Waals surface area contributed by atoms with Gasteiger partial charge < -0.3 is 36.5 Å². The molecule has 188 valence electrons. The Morgan fingerprint density at radius 2 is 1.97 bits per heavy atom. The van der Waals surface area contributed by atoms with Crippen molar-refractivity contribution in [2.45, 2.75) is 70.1 Å². The zero-order valence-corrected chi connectivity index (χ0v) is 19.2. The van der Waals surface area contributed by atoms with Crippen LogP contribution in [-0.2, 0) is 30.4 Å². The Hall–Kier alpha value is -3.48. The first kappa shape index (κ1) is 26.8. The third-order valence-electron chi connectivity index (χ3n) is 5.94. The van der Waals surface area contributed by atoms with Crippen molar-refractivity contribution in [2.24, 2.45) is 11.7 Å². The summed E-state index contributed by atoms with van der Waals surface area (Å²) in [5, 5.41) is 23.4. The number of hydrogen-bond donors (Lipinski definition) is 6. The monoisotopic (exact) mass is 480 g/mol. The number of carboxylic acids is 2. The fraction of sp³-hybridized carbons (Fsp3) is 0.619. The van der Waals surface area contributed by atoms with Gasteiger partial charge in [0.25, 0.3) is 0 Å². The molecule has 5 atom stereocenters. The first-order valence-corrected chi connectivity index (χ1v) is 11.1. The summed E-state index contributed by atoms with van der Waals surface area (Å²) in [4.78, 5) is 69.3. The molecule has 0 aromatic carbocycles. The summed E-state index contributed by atoms with van der Waals surface area (Å²) < 4.78 is 0. The van der Waals surface area contributed by atoms with E-state index >= 15 is 0 Å². The highest BCUT2D eigenvalue weighted by Gasteiger charge is 2.40. The molecule has 5 unspecified atom stereocenters. The zero-order chi connectivity index (χ0) is 25.4. The predicted octanol–water partition coefficient (Wildman–Crippen LogP) is -1.15. The number of amides is 3. The summed E-state index contributed by atoms with van der Waals surface area (Å²) in [6.45, 7) is 3.78. The number of aromatic amines is 1. The van der Waals surface area contributed by atoms with Crippen molar-refractivity contribution in [3.8, 4) is 0 Å². The zero-order valence-electron chi connectivity index (χ0n) is 19.2. The van der Waals surface area contributed by atoms with E-state index in [0.29, 0.717) is 25.0 Å². The van der Waals surface area contributed by atoms with Crippen molar-refractivity contribution < 1.29 is 34.2 Å². The lowest BCUT2D eigenvalue weighted by atomic mass is 9.98. The Morgan fingerprint density at radius 1 is 1.26 bits per heavy atom. The molecule has 1 aliphatic heterocycles. The average molecular weight is 481 g/mol. The fourth-order valence-electron chi connectivity index (χ4n) is 3.81. The Morgan fingerprint density at radius 3 is 2.53 bits per heavy atom. The number of aliphatic carboxylic acids is 2. The van der Waals surface area contributed by atoms with Gasteiger partial charge in [-0.15, -0.1) is 0 Å². The number of H-pyrrole nitrogens is 1. The van der Waals surface area contributed by atoms with Gasteiger partial charge in [0, 0.05) is 24.9 Å². The second-order valence-corrected chi connectivity index (χ2v) is 8.45. The highest BCUT2D eigenvalue weighted by atomic mass is 16.4. The van der Waals surface area contributed by atoms with Crippen molar-refractivity contribution in [2.75, 3.05) is 6.54 Å². The van der Waals surface area contributed by atoms with Gasteiger partial charge in [0.1, 0.15) is 18.1 Å². The van der Waals surface area contributed by atoms with Crippen LogP contribution in [0.3, 0.4) is 0 Å². The lowest BCUT2D eigenvalue weighted by Crippen LogP contribution is -2.58. The number of likely N-dealkylation sites (tertiary alicyclic amines) is 1. The molecule has 13 heteroatoms. The molecular weight excluding hydrogens is 448 g/mol. The Balaban J connectivity index is 2.19. The summed E-state index contributed by atoms with van der Waals surface area (Å²) in [6.07, 6.45) is 3.68. The van der Waals surface area contributed by atoms with Crippen LogP contribution in [0, 0.1) is 5.92 Å². The molecule has 13 nitrogen and oxygen atoms in total. The van der Waals surface area contributed by atoms with Crippen LogP contribution in [0.2, 0.25) is 0 Å². The van der Waals surface area contributed by atoms with Gasteiger partial charge in [-0.2, -0.15) is 0 Å². The number of aromatic nitrogens is 2. The predicted molar refractivity (Wildman–Crippen MR) is 118 cm³/mol. The Labute approximate surface area is 196 Å². The molecule has 1 saturated heterocycles. The van der Waals surface area contributed by atoms with Crippen molar-refractivity contribution >= 4 is 29.7 Å². The Kier molecular flexibility index (Phi) is 9.54. The van der Waals surface area contributed by atoms with Crippen LogP contribution in [0.1, 0.15) is 45.2 Å². The average Bonchev–Trinajstić information content (AvgIpc) is 3.47. The van der Waals surface area contributed by atoms with Gasteiger partial charge >= 0.3 is 11.9 Å². The maximum Gasteiger partial charge on any atom is 0.326 e. The van der Waals surface area contributed by atoms with Crippen molar-refractivity contribution in [1.29, 1.82) is 0 Å². The Bertz CT molecular complexity index is 890. The van der Waals surface area contributed by atoms with E-state index in [9.17, 15) is 29.1 Å². The highest BCUT2D eigenvalue weighted by molar-refractivity contribution is 5.95. The number of nitrogens with zero attached hydrogens (tertiary/aromatic N) is 2.